The maximum Gasteiger partial charge on any atom is 0.224 e. The van der Waals surface area contributed by atoms with Crippen LogP contribution in [0.2, 0.25) is 0 Å². The molecule has 2 aromatic rings. The molecule has 0 aliphatic carbocycles. The monoisotopic (exact) mass is 324 g/mol. The molecule has 1 aliphatic heterocycles. The molecular weight excluding hydrogens is 300 g/mol. The van der Waals surface area contributed by atoms with Gasteiger partial charge in [0.05, 0.1) is 6.54 Å². The zero-order valence-corrected chi connectivity index (χ0v) is 13.9. The number of amides is 1. The highest BCUT2D eigenvalue weighted by molar-refractivity contribution is 5.90. The molecule has 3 rings (SSSR count). The lowest BCUT2D eigenvalue weighted by molar-refractivity contribution is -0.116. The number of para-hydroxylation sites is 1. The fraction of sp³-hybridized carbons (Fsp3) is 0.421. The van der Waals surface area contributed by atoms with Gasteiger partial charge < -0.3 is 5.32 Å². The first-order valence-electron chi connectivity index (χ1n) is 8.63. The van der Waals surface area contributed by atoms with Gasteiger partial charge in [-0.3, -0.25) is 9.69 Å². The van der Waals surface area contributed by atoms with Gasteiger partial charge in [-0.05, 0) is 56.5 Å². The first kappa shape index (κ1) is 16.6. The number of rotatable bonds is 6. The number of anilines is 1. The summed E-state index contributed by atoms with van der Waals surface area (Å²) in [4.78, 5) is 23.0. The molecule has 1 aliphatic rings. The van der Waals surface area contributed by atoms with E-state index in [1.807, 2.05) is 36.4 Å². The molecule has 1 N–H and O–H groups in total. The molecule has 0 saturated carbocycles. The van der Waals surface area contributed by atoms with Gasteiger partial charge >= 0.3 is 0 Å². The number of carbonyl (C=O) groups excluding carboxylic acids is 1. The van der Waals surface area contributed by atoms with E-state index in [1.54, 1.807) is 12.4 Å². The zero-order chi connectivity index (χ0) is 16.6. The minimum absolute atomic E-state index is 0.112. The van der Waals surface area contributed by atoms with E-state index in [0.29, 0.717) is 12.3 Å². The van der Waals surface area contributed by atoms with Crippen LogP contribution in [0.25, 0.3) is 0 Å². The van der Waals surface area contributed by atoms with Crippen molar-refractivity contribution in [3.8, 4) is 0 Å². The summed E-state index contributed by atoms with van der Waals surface area (Å²) in [5, 5.41) is 2.96. The lowest BCUT2D eigenvalue weighted by atomic mass is 9.92. The third kappa shape index (κ3) is 5.13. The summed E-state index contributed by atoms with van der Waals surface area (Å²) in [6.45, 7) is 2.94. The molecule has 5 nitrogen and oxygen atoms in total. The van der Waals surface area contributed by atoms with Crippen LogP contribution in [-0.2, 0) is 11.3 Å². The molecule has 0 atom stereocenters. The fourth-order valence-electron chi connectivity index (χ4n) is 3.13. The number of benzene rings is 1. The van der Waals surface area contributed by atoms with E-state index < -0.39 is 0 Å². The van der Waals surface area contributed by atoms with Crippen LogP contribution in [0.5, 0.6) is 0 Å². The summed E-state index contributed by atoms with van der Waals surface area (Å²) < 4.78 is 0. The number of carbonyl (C=O) groups is 1. The second-order valence-corrected chi connectivity index (χ2v) is 6.34. The third-order valence-corrected chi connectivity index (χ3v) is 4.53. The highest BCUT2D eigenvalue weighted by Crippen LogP contribution is 2.23. The predicted molar refractivity (Wildman–Crippen MR) is 94.3 cm³/mol. The Kier molecular flexibility index (Phi) is 5.90. The predicted octanol–water partition coefficient (Wildman–Crippen LogP) is 3.11. The molecule has 5 heteroatoms. The van der Waals surface area contributed by atoms with E-state index in [9.17, 15) is 4.79 Å². The van der Waals surface area contributed by atoms with Crippen molar-refractivity contribution in [3.05, 3.63) is 54.6 Å². The van der Waals surface area contributed by atoms with E-state index in [2.05, 4.69) is 20.2 Å². The highest BCUT2D eigenvalue weighted by Gasteiger charge is 2.20. The molecule has 1 fully saturated rings. The van der Waals surface area contributed by atoms with Crippen LogP contribution in [0.15, 0.2) is 48.8 Å². The standard InChI is InChI=1S/C19H24N4O/c24-19(22-17-5-2-1-3-6-17)8-7-16-9-13-23(14-10-16)15-18-20-11-4-12-21-18/h1-6,11-12,16H,7-10,13-15H2,(H,22,24). The SMILES string of the molecule is O=C(CCC1CCN(Cc2ncccn2)CC1)Nc1ccccc1. The topological polar surface area (TPSA) is 58.1 Å². The summed E-state index contributed by atoms with van der Waals surface area (Å²) in [6, 6.07) is 11.5. The van der Waals surface area contributed by atoms with Crippen molar-refractivity contribution in [1.29, 1.82) is 0 Å². The number of hydrogen-bond acceptors (Lipinski definition) is 4. The van der Waals surface area contributed by atoms with Gasteiger partial charge in [0.1, 0.15) is 5.82 Å². The van der Waals surface area contributed by atoms with Crippen LogP contribution < -0.4 is 5.32 Å². The number of aromatic nitrogens is 2. The Bertz CT molecular complexity index is 624. The van der Waals surface area contributed by atoms with Crippen LogP contribution in [0.1, 0.15) is 31.5 Å². The first-order valence-corrected chi connectivity index (χ1v) is 8.63. The lowest BCUT2D eigenvalue weighted by Gasteiger charge is -2.31. The quantitative estimate of drug-likeness (QED) is 0.887. The molecule has 24 heavy (non-hydrogen) atoms. The van der Waals surface area contributed by atoms with Crippen molar-refractivity contribution in [2.45, 2.75) is 32.2 Å². The maximum absolute atomic E-state index is 12.0. The Labute approximate surface area is 143 Å². The van der Waals surface area contributed by atoms with Gasteiger partial charge in [0.25, 0.3) is 0 Å². The molecule has 1 aromatic carbocycles. The Morgan fingerprint density at radius 2 is 1.79 bits per heavy atom. The second-order valence-electron chi connectivity index (χ2n) is 6.34. The molecule has 0 radical (unpaired) electrons. The largest absolute Gasteiger partial charge is 0.326 e. The Hall–Kier alpha value is -2.27. The van der Waals surface area contributed by atoms with E-state index in [4.69, 9.17) is 0 Å². The summed E-state index contributed by atoms with van der Waals surface area (Å²) in [7, 11) is 0. The van der Waals surface area contributed by atoms with Crippen molar-refractivity contribution in [1.82, 2.24) is 14.9 Å². The number of likely N-dealkylation sites (tertiary alicyclic amines) is 1. The van der Waals surface area contributed by atoms with Crippen molar-refractivity contribution < 1.29 is 4.79 Å². The van der Waals surface area contributed by atoms with Gasteiger partial charge in [-0.1, -0.05) is 18.2 Å². The Morgan fingerprint density at radius 1 is 1.08 bits per heavy atom. The van der Waals surface area contributed by atoms with E-state index in [0.717, 1.165) is 50.4 Å². The van der Waals surface area contributed by atoms with Crippen LogP contribution in [0.4, 0.5) is 5.69 Å². The lowest BCUT2D eigenvalue weighted by Crippen LogP contribution is -2.34. The first-order chi connectivity index (χ1) is 11.8. The second kappa shape index (κ2) is 8.55. The van der Waals surface area contributed by atoms with Crippen molar-refractivity contribution in [2.24, 2.45) is 5.92 Å². The molecule has 0 unspecified atom stereocenters. The number of piperidine rings is 1. The molecule has 0 spiro atoms. The summed E-state index contributed by atoms with van der Waals surface area (Å²) in [6.07, 6.45) is 7.44. The van der Waals surface area contributed by atoms with Crippen LogP contribution in [0.3, 0.4) is 0 Å². The van der Waals surface area contributed by atoms with Gasteiger partial charge in [0.2, 0.25) is 5.91 Å². The number of nitrogens with one attached hydrogen (secondary N) is 1. The Morgan fingerprint density at radius 3 is 2.50 bits per heavy atom. The van der Waals surface area contributed by atoms with Gasteiger partial charge in [-0.2, -0.15) is 0 Å². The average Bonchev–Trinajstić information content (AvgIpc) is 2.63. The minimum Gasteiger partial charge on any atom is -0.326 e. The molecule has 1 amide bonds. The molecule has 2 heterocycles. The van der Waals surface area contributed by atoms with E-state index in [-0.39, 0.29) is 5.91 Å². The van der Waals surface area contributed by atoms with Crippen molar-refractivity contribution in [3.63, 3.8) is 0 Å². The molecule has 1 saturated heterocycles. The fourth-order valence-corrected chi connectivity index (χ4v) is 3.13. The summed E-state index contributed by atoms with van der Waals surface area (Å²) in [5.74, 6) is 1.64. The van der Waals surface area contributed by atoms with E-state index >= 15 is 0 Å². The molecule has 0 bridgehead atoms. The van der Waals surface area contributed by atoms with Gasteiger partial charge in [-0.25, -0.2) is 9.97 Å². The zero-order valence-electron chi connectivity index (χ0n) is 13.9. The normalized spacial score (nSPS) is 16.0. The highest BCUT2D eigenvalue weighted by atomic mass is 16.1. The van der Waals surface area contributed by atoms with Crippen molar-refractivity contribution >= 4 is 11.6 Å². The van der Waals surface area contributed by atoms with Crippen LogP contribution in [-0.4, -0.2) is 33.9 Å². The number of nitrogens with zero attached hydrogens (tertiary/aromatic N) is 3. The van der Waals surface area contributed by atoms with Gasteiger partial charge in [0, 0.05) is 24.5 Å². The summed E-state index contributed by atoms with van der Waals surface area (Å²) in [5.41, 5.74) is 0.875. The number of hydrogen-bond donors (Lipinski definition) is 1. The molecular formula is C19H24N4O. The Balaban J connectivity index is 1.36. The third-order valence-electron chi connectivity index (χ3n) is 4.53. The van der Waals surface area contributed by atoms with Gasteiger partial charge in [-0.15, -0.1) is 0 Å². The van der Waals surface area contributed by atoms with E-state index in [1.165, 1.54) is 0 Å². The minimum atomic E-state index is 0.112. The molecule has 1 aromatic heterocycles. The van der Waals surface area contributed by atoms with Crippen LogP contribution in [0, 0.1) is 5.92 Å². The smallest absolute Gasteiger partial charge is 0.224 e. The molecule has 126 valence electrons. The van der Waals surface area contributed by atoms with Gasteiger partial charge in [0.15, 0.2) is 0 Å². The maximum atomic E-state index is 12.0. The average molecular weight is 324 g/mol. The summed E-state index contributed by atoms with van der Waals surface area (Å²) >= 11 is 0. The van der Waals surface area contributed by atoms with Crippen LogP contribution >= 0.6 is 0 Å². The van der Waals surface area contributed by atoms with Crippen molar-refractivity contribution in [2.75, 3.05) is 18.4 Å².